The quantitative estimate of drug-likeness (QED) is 0.636. The number of halogens is 3. The van der Waals surface area contributed by atoms with Crippen LogP contribution in [0.1, 0.15) is 11.1 Å². The summed E-state index contributed by atoms with van der Waals surface area (Å²) in [5, 5.41) is 10.2. The predicted molar refractivity (Wildman–Crippen MR) is 102 cm³/mol. The molecule has 0 amide bonds. The molecule has 0 saturated heterocycles. The average Bonchev–Trinajstić information content (AvgIpc) is 2.63. The van der Waals surface area contributed by atoms with Gasteiger partial charge in [0.1, 0.15) is 6.61 Å². The zero-order valence-electron chi connectivity index (χ0n) is 14.8. The second-order valence-corrected chi connectivity index (χ2v) is 7.45. The van der Waals surface area contributed by atoms with E-state index in [4.69, 9.17) is 9.47 Å². The van der Waals surface area contributed by atoms with Gasteiger partial charge >= 0.3 is 0 Å². The zero-order valence-corrected chi connectivity index (χ0v) is 16.4. The van der Waals surface area contributed by atoms with Crippen LogP contribution >= 0.6 is 15.9 Å². The first kappa shape index (κ1) is 20.2. The molecule has 2 aromatic rings. The van der Waals surface area contributed by atoms with Crippen molar-refractivity contribution in [3.05, 3.63) is 63.6 Å². The number of hydrogen-bond acceptors (Lipinski definition) is 4. The standard InChI is InChI=1S/C20H22BrF2NO3/c21-16-9-18(22)20(19(23)10-16)27-8-7-26-13-17(25)12-24-6-5-14-3-1-2-4-15(14)11-24/h1-4,9-10,17,25H,5-8,11-13H2. The zero-order chi connectivity index (χ0) is 19.2. The highest BCUT2D eigenvalue weighted by atomic mass is 79.9. The molecule has 7 heteroatoms. The molecule has 1 N–H and O–H groups in total. The largest absolute Gasteiger partial charge is 0.485 e. The van der Waals surface area contributed by atoms with E-state index in [1.54, 1.807) is 0 Å². The molecule has 0 aliphatic carbocycles. The van der Waals surface area contributed by atoms with Crippen LogP contribution in [0.15, 0.2) is 40.9 Å². The Balaban J connectivity index is 1.35. The molecule has 27 heavy (non-hydrogen) atoms. The molecule has 1 aliphatic rings. The van der Waals surface area contributed by atoms with Crippen molar-refractivity contribution in [2.24, 2.45) is 0 Å². The minimum atomic E-state index is -0.771. The maximum Gasteiger partial charge on any atom is 0.190 e. The van der Waals surface area contributed by atoms with Crippen LogP contribution in [0, 0.1) is 11.6 Å². The van der Waals surface area contributed by atoms with E-state index in [0.717, 1.165) is 31.6 Å². The summed E-state index contributed by atoms with van der Waals surface area (Å²) in [5.41, 5.74) is 2.66. The van der Waals surface area contributed by atoms with Crippen LogP contribution in [0.2, 0.25) is 0 Å². The van der Waals surface area contributed by atoms with E-state index >= 15 is 0 Å². The monoisotopic (exact) mass is 441 g/mol. The number of benzene rings is 2. The summed E-state index contributed by atoms with van der Waals surface area (Å²) in [6.45, 7) is 2.52. The molecule has 2 aromatic carbocycles. The van der Waals surface area contributed by atoms with Gasteiger partial charge in [0, 0.05) is 24.1 Å². The number of fused-ring (bicyclic) bond motifs is 1. The van der Waals surface area contributed by atoms with Crippen molar-refractivity contribution in [2.45, 2.75) is 19.1 Å². The Labute approximate surface area is 165 Å². The maximum atomic E-state index is 13.6. The molecule has 1 aliphatic heterocycles. The van der Waals surface area contributed by atoms with Gasteiger partial charge in [0.15, 0.2) is 17.4 Å². The summed E-state index contributed by atoms with van der Waals surface area (Å²) in [5.74, 6) is -1.96. The van der Waals surface area contributed by atoms with Crippen molar-refractivity contribution in [2.75, 3.05) is 32.9 Å². The highest BCUT2D eigenvalue weighted by Gasteiger charge is 2.18. The lowest BCUT2D eigenvalue weighted by Gasteiger charge is -2.30. The van der Waals surface area contributed by atoms with E-state index < -0.39 is 23.5 Å². The third-order valence-corrected chi connectivity index (χ3v) is 4.88. The Morgan fingerprint density at radius 3 is 2.56 bits per heavy atom. The van der Waals surface area contributed by atoms with E-state index in [0.29, 0.717) is 11.0 Å². The predicted octanol–water partition coefficient (Wildman–Crippen LogP) is 3.54. The second-order valence-electron chi connectivity index (χ2n) is 6.53. The summed E-state index contributed by atoms with van der Waals surface area (Å²) in [7, 11) is 0. The maximum absolute atomic E-state index is 13.6. The Morgan fingerprint density at radius 1 is 1.11 bits per heavy atom. The Morgan fingerprint density at radius 2 is 1.81 bits per heavy atom. The fraction of sp³-hybridized carbons (Fsp3) is 0.400. The Hall–Kier alpha value is -1.54. The number of nitrogens with zero attached hydrogens (tertiary/aromatic N) is 1. The Bertz CT molecular complexity index is 752. The Kier molecular flexibility index (Phi) is 7.18. The number of β-amino-alcohol motifs (C(OH)–C–C–N with tert-alkyl or cyclic N) is 1. The summed E-state index contributed by atoms with van der Waals surface area (Å²) in [6, 6.07) is 10.6. The fourth-order valence-electron chi connectivity index (χ4n) is 3.15. The van der Waals surface area contributed by atoms with Crippen LogP contribution in [0.5, 0.6) is 5.75 Å². The summed E-state index contributed by atoms with van der Waals surface area (Å²) in [4.78, 5) is 2.19. The summed E-state index contributed by atoms with van der Waals surface area (Å²) >= 11 is 3.01. The molecule has 0 spiro atoms. The highest BCUT2D eigenvalue weighted by molar-refractivity contribution is 9.10. The molecule has 0 aromatic heterocycles. The molecule has 0 fully saturated rings. The lowest BCUT2D eigenvalue weighted by atomic mass is 10.00. The first-order chi connectivity index (χ1) is 13.0. The highest BCUT2D eigenvalue weighted by Crippen LogP contribution is 2.25. The van der Waals surface area contributed by atoms with Gasteiger partial charge in [0.2, 0.25) is 0 Å². The van der Waals surface area contributed by atoms with Gasteiger partial charge in [-0.05, 0) is 29.7 Å². The van der Waals surface area contributed by atoms with Crippen LogP contribution < -0.4 is 4.74 Å². The molecule has 1 atom stereocenters. The van der Waals surface area contributed by atoms with Gasteiger partial charge in [-0.15, -0.1) is 0 Å². The summed E-state index contributed by atoms with van der Waals surface area (Å²) in [6.07, 6.45) is 0.346. The molecule has 3 rings (SSSR count). The van der Waals surface area contributed by atoms with Crippen LogP contribution in [0.25, 0.3) is 0 Å². The van der Waals surface area contributed by atoms with Crippen molar-refractivity contribution in [1.82, 2.24) is 4.90 Å². The molecule has 1 heterocycles. The van der Waals surface area contributed by atoms with Gasteiger partial charge < -0.3 is 14.6 Å². The van der Waals surface area contributed by atoms with Crippen LogP contribution in [0.4, 0.5) is 8.78 Å². The van der Waals surface area contributed by atoms with Crippen LogP contribution in [0.3, 0.4) is 0 Å². The van der Waals surface area contributed by atoms with E-state index in [1.807, 2.05) is 12.1 Å². The topological polar surface area (TPSA) is 41.9 Å². The normalized spacial score (nSPS) is 15.4. The number of aliphatic hydroxyl groups is 1. The number of hydrogen-bond donors (Lipinski definition) is 1. The molecule has 1 unspecified atom stereocenters. The molecular weight excluding hydrogens is 420 g/mol. The van der Waals surface area contributed by atoms with E-state index in [1.165, 1.54) is 11.1 Å². The van der Waals surface area contributed by atoms with Crippen molar-refractivity contribution < 1.29 is 23.4 Å². The molecule has 4 nitrogen and oxygen atoms in total. The molecule has 0 saturated carbocycles. The minimum absolute atomic E-state index is 0.000712. The first-order valence-electron chi connectivity index (χ1n) is 8.85. The van der Waals surface area contributed by atoms with Crippen molar-refractivity contribution >= 4 is 15.9 Å². The van der Waals surface area contributed by atoms with Crippen molar-refractivity contribution in [3.63, 3.8) is 0 Å². The van der Waals surface area contributed by atoms with Gasteiger partial charge in [-0.2, -0.15) is 0 Å². The van der Waals surface area contributed by atoms with Gasteiger partial charge in [-0.3, -0.25) is 4.90 Å². The molecule has 0 bridgehead atoms. The number of aliphatic hydroxyl groups excluding tert-OH is 1. The van der Waals surface area contributed by atoms with Crippen molar-refractivity contribution in [3.8, 4) is 5.75 Å². The number of rotatable bonds is 8. The smallest absolute Gasteiger partial charge is 0.190 e. The lowest BCUT2D eigenvalue weighted by molar-refractivity contribution is 0.00527. The van der Waals surface area contributed by atoms with E-state index in [9.17, 15) is 13.9 Å². The molecule has 0 radical (unpaired) electrons. The summed E-state index contributed by atoms with van der Waals surface area (Å²) < 4.78 is 38.1. The molecule has 146 valence electrons. The minimum Gasteiger partial charge on any atom is -0.485 e. The first-order valence-corrected chi connectivity index (χ1v) is 9.64. The van der Waals surface area contributed by atoms with Gasteiger partial charge in [0.05, 0.1) is 19.3 Å². The lowest BCUT2D eigenvalue weighted by Crippen LogP contribution is -2.38. The second kappa shape index (κ2) is 9.59. The van der Waals surface area contributed by atoms with Crippen molar-refractivity contribution in [1.29, 1.82) is 0 Å². The fourth-order valence-corrected chi connectivity index (χ4v) is 3.55. The third-order valence-electron chi connectivity index (χ3n) is 4.43. The SMILES string of the molecule is OC(COCCOc1c(F)cc(Br)cc1F)CN1CCc2ccccc2C1. The van der Waals surface area contributed by atoms with E-state index in [2.05, 4.69) is 33.0 Å². The molecular formula is C20H22BrF2NO3. The van der Waals surface area contributed by atoms with Crippen LogP contribution in [-0.4, -0.2) is 49.0 Å². The third kappa shape index (κ3) is 5.72. The van der Waals surface area contributed by atoms with Gasteiger partial charge in [0.25, 0.3) is 0 Å². The van der Waals surface area contributed by atoms with Gasteiger partial charge in [-0.25, -0.2) is 8.78 Å². The van der Waals surface area contributed by atoms with Gasteiger partial charge in [-0.1, -0.05) is 40.2 Å². The number of ether oxygens (including phenoxy) is 2. The van der Waals surface area contributed by atoms with E-state index in [-0.39, 0.29) is 19.8 Å². The average molecular weight is 442 g/mol. The van der Waals surface area contributed by atoms with Crippen LogP contribution in [-0.2, 0) is 17.7 Å².